The average molecular weight is 260 g/mol. The molecule has 0 aromatic heterocycles. The Bertz CT molecular complexity index is 556. The van der Waals surface area contributed by atoms with E-state index in [0.29, 0.717) is 0 Å². The smallest absolute Gasteiger partial charge is 0.258 e. The number of rotatable bonds is 3. The van der Waals surface area contributed by atoms with E-state index in [2.05, 4.69) is 6.07 Å². The van der Waals surface area contributed by atoms with Gasteiger partial charge in [0.1, 0.15) is 11.4 Å². The lowest BCUT2D eigenvalue weighted by atomic mass is 10.0. The Kier molecular flexibility index (Phi) is 3.32. The van der Waals surface area contributed by atoms with Gasteiger partial charge in [0.15, 0.2) is 0 Å². The van der Waals surface area contributed by atoms with Gasteiger partial charge in [-0.15, -0.1) is 0 Å². The molecule has 0 N–H and O–H groups in total. The van der Waals surface area contributed by atoms with Gasteiger partial charge in [-0.3, -0.25) is 4.79 Å². The van der Waals surface area contributed by atoms with Crippen LogP contribution in [-0.2, 0) is 0 Å². The first-order valence-corrected chi connectivity index (χ1v) is 6.38. The summed E-state index contributed by atoms with van der Waals surface area (Å²) < 4.78 is 13.8. The Morgan fingerprint density at radius 1 is 1.47 bits per heavy atom. The van der Waals surface area contributed by atoms with Gasteiger partial charge in [-0.25, -0.2) is 4.39 Å². The van der Waals surface area contributed by atoms with Crippen LogP contribution < -0.4 is 0 Å². The minimum absolute atomic E-state index is 0.0511. The molecule has 0 atom stereocenters. The third kappa shape index (κ3) is 2.60. The summed E-state index contributed by atoms with van der Waals surface area (Å²) in [6.45, 7) is 5.20. The zero-order valence-corrected chi connectivity index (χ0v) is 11.4. The molecular weight excluding hydrogens is 243 g/mol. The molecule has 100 valence electrons. The zero-order chi connectivity index (χ0) is 14.2. The first-order chi connectivity index (χ1) is 8.86. The fourth-order valence-corrected chi connectivity index (χ4v) is 2.20. The number of hydrogen-bond acceptors (Lipinski definition) is 2. The van der Waals surface area contributed by atoms with Crippen molar-refractivity contribution in [3.63, 3.8) is 0 Å². The van der Waals surface area contributed by atoms with E-state index >= 15 is 0 Å². The summed E-state index contributed by atoms with van der Waals surface area (Å²) in [5, 5.41) is 9.22. The maximum Gasteiger partial charge on any atom is 0.258 e. The number of nitrogens with zero attached hydrogens (tertiary/aromatic N) is 2. The van der Waals surface area contributed by atoms with E-state index < -0.39 is 17.3 Å². The summed E-state index contributed by atoms with van der Waals surface area (Å²) in [5.74, 6) is -0.926. The Morgan fingerprint density at radius 2 is 2.11 bits per heavy atom. The van der Waals surface area contributed by atoms with Crippen molar-refractivity contribution >= 4 is 5.91 Å². The summed E-state index contributed by atoms with van der Waals surface area (Å²) in [4.78, 5) is 14.1. The first kappa shape index (κ1) is 13.5. The topological polar surface area (TPSA) is 44.1 Å². The van der Waals surface area contributed by atoms with Gasteiger partial charge in [-0.1, -0.05) is 11.6 Å². The molecule has 1 aromatic rings. The molecule has 0 saturated heterocycles. The van der Waals surface area contributed by atoms with Gasteiger partial charge in [0.05, 0.1) is 11.6 Å². The van der Waals surface area contributed by atoms with Crippen molar-refractivity contribution in [1.29, 1.82) is 5.26 Å². The molecule has 1 aromatic carbocycles. The van der Waals surface area contributed by atoms with Crippen LogP contribution in [0, 0.1) is 24.1 Å². The summed E-state index contributed by atoms with van der Waals surface area (Å²) >= 11 is 0. The molecule has 0 spiro atoms. The van der Waals surface area contributed by atoms with Gasteiger partial charge < -0.3 is 4.90 Å². The van der Waals surface area contributed by atoms with E-state index in [0.717, 1.165) is 18.4 Å². The lowest BCUT2D eigenvalue weighted by molar-refractivity contribution is 0.0610. The van der Waals surface area contributed by atoms with Gasteiger partial charge in [-0.05, 0) is 45.7 Å². The second kappa shape index (κ2) is 4.65. The van der Waals surface area contributed by atoms with Gasteiger partial charge in [0, 0.05) is 6.04 Å². The average Bonchev–Trinajstić information content (AvgIpc) is 3.16. The van der Waals surface area contributed by atoms with Crippen LogP contribution in [-0.4, -0.2) is 22.4 Å². The molecule has 1 aliphatic carbocycles. The van der Waals surface area contributed by atoms with Crippen LogP contribution >= 0.6 is 0 Å². The highest BCUT2D eigenvalue weighted by Gasteiger charge is 2.42. The molecule has 0 bridgehead atoms. The first-order valence-electron chi connectivity index (χ1n) is 6.38. The molecule has 4 heteroatoms. The highest BCUT2D eigenvalue weighted by molar-refractivity contribution is 5.95. The van der Waals surface area contributed by atoms with E-state index in [1.165, 1.54) is 11.0 Å². The monoisotopic (exact) mass is 260 g/mol. The number of nitriles is 1. The van der Waals surface area contributed by atoms with E-state index in [4.69, 9.17) is 0 Å². The lowest BCUT2D eigenvalue weighted by Crippen LogP contribution is -2.48. The zero-order valence-electron chi connectivity index (χ0n) is 11.4. The van der Waals surface area contributed by atoms with Crippen molar-refractivity contribution in [3.8, 4) is 6.07 Å². The SMILES string of the molecule is Cc1ccc(F)c(C(=O)N(C2CC2)C(C)(C)C#N)c1. The van der Waals surface area contributed by atoms with Crippen molar-refractivity contribution in [2.45, 2.75) is 45.2 Å². The summed E-state index contributed by atoms with van der Waals surface area (Å²) in [7, 11) is 0. The quantitative estimate of drug-likeness (QED) is 0.838. The maximum atomic E-state index is 13.8. The molecule has 0 aliphatic heterocycles. The molecule has 1 aliphatic rings. The van der Waals surface area contributed by atoms with Gasteiger partial charge in [0.25, 0.3) is 5.91 Å². The Hall–Kier alpha value is -1.89. The fraction of sp³-hybridized carbons (Fsp3) is 0.467. The molecule has 1 fully saturated rings. The van der Waals surface area contributed by atoms with Gasteiger partial charge in [0.2, 0.25) is 0 Å². The van der Waals surface area contributed by atoms with Gasteiger partial charge >= 0.3 is 0 Å². The predicted molar refractivity (Wildman–Crippen MR) is 70.0 cm³/mol. The van der Waals surface area contributed by atoms with Crippen molar-refractivity contribution in [2.24, 2.45) is 0 Å². The molecular formula is C15H17FN2O. The Balaban J connectivity index is 2.41. The molecule has 0 heterocycles. The number of halogens is 1. The molecule has 0 radical (unpaired) electrons. The Labute approximate surface area is 112 Å². The highest BCUT2D eigenvalue weighted by Crippen LogP contribution is 2.34. The maximum absolute atomic E-state index is 13.8. The number of carbonyl (C=O) groups is 1. The van der Waals surface area contributed by atoms with Crippen LogP contribution in [0.3, 0.4) is 0 Å². The van der Waals surface area contributed by atoms with Crippen LogP contribution in [0.1, 0.15) is 42.6 Å². The van der Waals surface area contributed by atoms with E-state index in [-0.39, 0.29) is 11.6 Å². The highest BCUT2D eigenvalue weighted by atomic mass is 19.1. The van der Waals surface area contributed by atoms with Crippen molar-refractivity contribution < 1.29 is 9.18 Å². The number of hydrogen-bond donors (Lipinski definition) is 0. The third-order valence-corrected chi connectivity index (χ3v) is 3.36. The summed E-state index contributed by atoms with van der Waals surface area (Å²) in [5.41, 5.74) is -0.0421. The van der Waals surface area contributed by atoms with Gasteiger partial charge in [-0.2, -0.15) is 5.26 Å². The molecule has 0 unspecified atom stereocenters. The molecule has 1 amide bonds. The molecule has 3 nitrogen and oxygen atoms in total. The van der Waals surface area contributed by atoms with Crippen molar-refractivity contribution in [1.82, 2.24) is 4.90 Å². The summed E-state index contributed by atoms with van der Waals surface area (Å²) in [6.07, 6.45) is 1.76. The van der Waals surface area contributed by atoms with E-state index in [1.807, 2.05) is 6.92 Å². The van der Waals surface area contributed by atoms with Crippen LogP contribution in [0.2, 0.25) is 0 Å². The van der Waals surface area contributed by atoms with Crippen LogP contribution in [0.4, 0.5) is 4.39 Å². The molecule has 1 saturated carbocycles. The number of aryl methyl sites for hydroxylation is 1. The second-order valence-electron chi connectivity index (χ2n) is 5.56. The molecule has 19 heavy (non-hydrogen) atoms. The molecule has 2 rings (SSSR count). The standard InChI is InChI=1S/C15H17FN2O/c1-10-4-7-13(16)12(8-10)14(19)18(11-5-6-11)15(2,3)9-17/h4,7-8,11H,5-6H2,1-3H3. The number of benzene rings is 1. The fourth-order valence-electron chi connectivity index (χ4n) is 2.20. The van der Waals surface area contributed by atoms with Crippen LogP contribution in [0.5, 0.6) is 0 Å². The van der Waals surface area contributed by atoms with Crippen LogP contribution in [0.25, 0.3) is 0 Å². The van der Waals surface area contributed by atoms with Crippen LogP contribution in [0.15, 0.2) is 18.2 Å². The lowest BCUT2D eigenvalue weighted by Gasteiger charge is -2.33. The Morgan fingerprint density at radius 3 is 2.63 bits per heavy atom. The number of amides is 1. The van der Waals surface area contributed by atoms with Crippen molar-refractivity contribution in [3.05, 3.63) is 35.1 Å². The normalized spacial score (nSPS) is 14.9. The van der Waals surface area contributed by atoms with Crippen molar-refractivity contribution in [2.75, 3.05) is 0 Å². The minimum atomic E-state index is -0.922. The predicted octanol–water partition coefficient (Wildman–Crippen LogP) is 3.04. The van der Waals surface area contributed by atoms with E-state index in [1.54, 1.807) is 26.0 Å². The minimum Gasteiger partial charge on any atom is -0.317 e. The number of carbonyl (C=O) groups excluding carboxylic acids is 1. The second-order valence-corrected chi connectivity index (χ2v) is 5.56. The van der Waals surface area contributed by atoms with E-state index in [9.17, 15) is 14.4 Å². The third-order valence-electron chi connectivity index (χ3n) is 3.36. The largest absolute Gasteiger partial charge is 0.317 e. The summed E-state index contributed by atoms with van der Waals surface area (Å²) in [6, 6.07) is 6.66.